The fourth-order valence-electron chi connectivity index (χ4n) is 4.32. The monoisotopic (exact) mass is 415 g/mol. The number of hydrogen-bond donors (Lipinski definition) is 3. The van der Waals surface area contributed by atoms with Crippen LogP contribution in [0.4, 0.5) is 0 Å². The molecule has 1 aliphatic heterocycles. The molecule has 1 saturated heterocycles. The molecule has 4 N–H and O–H groups in total. The number of nitrogens with one attached hydrogen (secondary N) is 2. The molecule has 0 saturated carbocycles. The van der Waals surface area contributed by atoms with Gasteiger partial charge in [0.05, 0.1) is 28.5 Å². The van der Waals surface area contributed by atoms with Crippen LogP contribution in [-0.2, 0) is 17.8 Å². The van der Waals surface area contributed by atoms with E-state index in [0.717, 1.165) is 66.2 Å². The number of carbonyl (C=O) groups is 1. The predicted octanol–water partition coefficient (Wildman–Crippen LogP) is 2.80. The van der Waals surface area contributed by atoms with E-state index in [2.05, 4.69) is 9.55 Å². The number of H-pyrrole nitrogens is 1. The summed E-state index contributed by atoms with van der Waals surface area (Å²) >= 11 is 0. The van der Waals surface area contributed by atoms with E-state index >= 15 is 0 Å². The summed E-state index contributed by atoms with van der Waals surface area (Å²) in [5.74, 6) is 2.05. The molecule has 5 rings (SSSR count). The Morgan fingerprint density at radius 2 is 2.00 bits per heavy atom. The van der Waals surface area contributed by atoms with Crippen molar-refractivity contribution in [2.45, 2.75) is 32.2 Å². The van der Waals surface area contributed by atoms with Crippen molar-refractivity contribution >= 4 is 33.8 Å². The molecule has 4 aromatic rings. The highest BCUT2D eigenvalue weighted by atomic mass is 16.2. The van der Waals surface area contributed by atoms with Gasteiger partial charge in [0.15, 0.2) is 0 Å². The normalized spacial score (nSPS) is 14.2. The Morgan fingerprint density at radius 3 is 2.77 bits per heavy atom. The van der Waals surface area contributed by atoms with Crippen LogP contribution in [0.5, 0.6) is 0 Å². The molecule has 0 radical (unpaired) electrons. The molecule has 1 aliphatic rings. The first-order valence-corrected chi connectivity index (χ1v) is 10.6. The molecule has 0 spiro atoms. The first-order valence-electron chi connectivity index (χ1n) is 10.6. The predicted molar refractivity (Wildman–Crippen MR) is 120 cm³/mol. The summed E-state index contributed by atoms with van der Waals surface area (Å²) < 4.78 is 2.18. The van der Waals surface area contributed by atoms with Crippen LogP contribution in [-0.4, -0.2) is 49.3 Å². The molecule has 31 heavy (non-hydrogen) atoms. The Labute approximate surface area is 179 Å². The van der Waals surface area contributed by atoms with Crippen molar-refractivity contribution in [3.05, 3.63) is 59.7 Å². The minimum atomic E-state index is 0.0381. The lowest BCUT2D eigenvalue weighted by molar-refractivity contribution is -0.127. The number of imidazole rings is 2. The molecule has 8 nitrogen and oxygen atoms in total. The molecule has 0 bridgehead atoms. The van der Waals surface area contributed by atoms with Crippen LogP contribution in [0.25, 0.3) is 22.1 Å². The second-order valence-corrected chi connectivity index (χ2v) is 8.01. The third-order valence-corrected chi connectivity index (χ3v) is 5.88. The van der Waals surface area contributed by atoms with Gasteiger partial charge >= 0.3 is 0 Å². The van der Waals surface area contributed by atoms with Gasteiger partial charge in [-0.1, -0.05) is 12.1 Å². The molecule has 3 heterocycles. The van der Waals surface area contributed by atoms with E-state index in [4.69, 9.17) is 21.1 Å². The number of amidine groups is 1. The minimum Gasteiger partial charge on any atom is -0.384 e. The van der Waals surface area contributed by atoms with Gasteiger partial charge in [-0.25, -0.2) is 9.97 Å². The van der Waals surface area contributed by atoms with Crippen LogP contribution in [0.15, 0.2) is 42.5 Å². The van der Waals surface area contributed by atoms with Crippen LogP contribution in [0.2, 0.25) is 0 Å². The summed E-state index contributed by atoms with van der Waals surface area (Å²) in [6.45, 7) is 2.33. The van der Waals surface area contributed by atoms with Gasteiger partial charge in [-0.2, -0.15) is 0 Å². The molecule has 1 fully saturated rings. The quantitative estimate of drug-likeness (QED) is 0.318. The number of para-hydroxylation sites is 2. The van der Waals surface area contributed by atoms with Gasteiger partial charge in [-0.3, -0.25) is 10.2 Å². The van der Waals surface area contributed by atoms with E-state index in [1.807, 2.05) is 47.4 Å². The highest BCUT2D eigenvalue weighted by Crippen LogP contribution is 2.22. The maximum absolute atomic E-state index is 11.9. The van der Waals surface area contributed by atoms with Crippen molar-refractivity contribution in [2.75, 3.05) is 13.1 Å². The maximum atomic E-state index is 11.9. The van der Waals surface area contributed by atoms with Gasteiger partial charge in [0.25, 0.3) is 0 Å². The Bertz CT molecular complexity index is 1250. The van der Waals surface area contributed by atoms with Gasteiger partial charge < -0.3 is 20.2 Å². The van der Waals surface area contributed by atoms with E-state index in [1.165, 1.54) is 0 Å². The van der Waals surface area contributed by atoms with Crippen LogP contribution in [0.3, 0.4) is 0 Å². The van der Waals surface area contributed by atoms with Gasteiger partial charge in [0, 0.05) is 31.6 Å². The van der Waals surface area contributed by atoms with E-state index in [0.29, 0.717) is 18.4 Å². The number of rotatable bonds is 7. The second-order valence-electron chi connectivity index (χ2n) is 8.01. The first-order chi connectivity index (χ1) is 15.1. The summed E-state index contributed by atoms with van der Waals surface area (Å²) in [6, 6.07) is 13.6. The van der Waals surface area contributed by atoms with E-state index in [-0.39, 0.29) is 11.7 Å². The van der Waals surface area contributed by atoms with E-state index in [1.54, 1.807) is 0 Å². The van der Waals surface area contributed by atoms with Crippen molar-refractivity contribution < 1.29 is 4.79 Å². The van der Waals surface area contributed by atoms with Crippen molar-refractivity contribution in [1.29, 1.82) is 5.41 Å². The number of carbonyl (C=O) groups excluding carboxylic acids is 1. The third-order valence-electron chi connectivity index (χ3n) is 5.88. The number of nitrogens with two attached hydrogens (primary N) is 1. The lowest BCUT2D eigenvalue weighted by Crippen LogP contribution is -2.26. The van der Waals surface area contributed by atoms with Crippen LogP contribution >= 0.6 is 0 Å². The number of nitrogen functional groups attached to an aromatic ring is 1. The van der Waals surface area contributed by atoms with Crippen molar-refractivity contribution in [1.82, 2.24) is 24.4 Å². The number of hydrogen-bond acceptors (Lipinski definition) is 4. The summed E-state index contributed by atoms with van der Waals surface area (Å²) in [6.07, 6.45) is 3.02. The Morgan fingerprint density at radius 1 is 1.13 bits per heavy atom. The zero-order chi connectivity index (χ0) is 21.4. The average molecular weight is 416 g/mol. The topological polar surface area (TPSA) is 117 Å². The number of fused-ring (bicyclic) bond motifs is 2. The molecule has 8 heteroatoms. The molecule has 0 atom stereocenters. The van der Waals surface area contributed by atoms with E-state index in [9.17, 15) is 4.79 Å². The fourth-order valence-corrected chi connectivity index (χ4v) is 4.32. The van der Waals surface area contributed by atoms with Gasteiger partial charge in [-0.15, -0.1) is 0 Å². The molecule has 0 aliphatic carbocycles. The first kappa shape index (κ1) is 19.3. The number of nitrogens with zero attached hydrogens (tertiary/aromatic N) is 4. The summed E-state index contributed by atoms with van der Waals surface area (Å²) in [4.78, 5) is 26.8. The number of likely N-dealkylation sites (tertiary alicyclic amines) is 1. The maximum Gasteiger partial charge on any atom is 0.222 e. The zero-order valence-electron chi connectivity index (χ0n) is 17.3. The molecular weight excluding hydrogens is 390 g/mol. The van der Waals surface area contributed by atoms with Crippen molar-refractivity contribution in [3.63, 3.8) is 0 Å². The smallest absolute Gasteiger partial charge is 0.222 e. The number of aromatic nitrogens is 4. The van der Waals surface area contributed by atoms with Crippen LogP contribution in [0.1, 0.15) is 36.5 Å². The standard InChI is InChI=1S/C23H25N7O/c24-23(25)15-8-9-18-19(13-15)30(12-4-11-29-10-3-7-22(29)31)21(28-18)14-20-26-16-5-1-2-6-17(16)27-20/h1-2,5-6,8-9,13H,3-4,7,10-12,14H2,(H3,24,25)(H,26,27). The zero-order valence-corrected chi connectivity index (χ0v) is 17.3. The summed E-state index contributed by atoms with van der Waals surface area (Å²) in [5, 5.41) is 7.79. The number of amides is 1. The summed E-state index contributed by atoms with van der Waals surface area (Å²) in [5.41, 5.74) is 10.2. The third kappa shape index (κ3) is 3.76. The van der Waals surface area contributed by atoms with Gasteiger partial charge in [0.1, 0.15) is 17.5 Å². The molecular formula is C23H25N7O. The van der Waals surface area contributed by atoms with E-state index < -0.39 is 0 Å². The number of aryl methyl sites for hydroxylation is 1. The SMILES string of the molecule is N=C(N)c1ccc2nc(Cc3nc4ccccc4[nH]3)n(CCCN3CCCC3=O)c2c1. The molecule has 0 unspecified atom stereocenters. The second kappa shape index (κ2) is 7.86. The molecule has 158 valence electrons. The van der Waals surface area contributed by atoms with Gasteiger partial charge in [-0.05, 0) is 43.2 Å². The highest BCUT2D eigenvalue weighted by molar-refractivity contribution is 5.98. The van der Waals surface area contributed by atoms with Crippen molar-refractivity contribution in [3.8, 4) is 0 Å². The molecule has 2 aromatic carbocycles. The fraction of sp³-hybridized carbons (Fsp3) is 0.304. The van der Waals surface area contributed by atoms with Crippen LogP contribution < -0.4 is 5.73 Å². The minimum absolute atomic E-state index is 0.0381. The van der Waals surface area contributed by atoms with Crippen LogP contribution in [0, 0.1) is 5.41 Å². The Balaban J connectivity index is 1.47. The number of aromatic amines is 1. The Hall–Kier alpha value is -3.68. The largest absolute Gasteiger partial charge is 0.384 e. The highest BCUT2D eigenvalue weighted by Gasteiger charge is 2.20. The Kier molecular flexibility index (Phi) is 4.89. The molecule has 2 aromatic heterocycles. The summed E-state index contributed by atoms with van der Waals surface area (Å²) in [7, 11) is 0. The average Bonchev–Trinajstić information content (AvgIpc) is 3.45. The number of benzene rings is 2. The van der Waals surface area contributed by atoms with Crippen molar-refractivity contribution in [2.24, 2.45) is 5.73 Å². The molecule has 1 amide bonds. The lowest BCUT2D eigenvalue weighted by Gasteiger charge is -2.16. The lowest BCUT2D eigenvalue weighted by atomic mass is 10.2. The van der Waals surface area contributed by atoms with Gasteiger partial charge in [0.2, 0.25) is 5.91 Å².